The van der Waals surface area contributed by atoms with Crippen LogP contribution < -0.4 is 0 Å². The minimum absolute atomic E-state index is 0.0733. The molecule has 0 rings (SSSR count). The van der Waals surface area contributed by atoms with E-state index >= 15 is 0 Å². The molecule has 0 saturated heterocycles. The summed E-state index contributed by atoms with van der Waals surface area (Å²) in [5.74, 6) is -0.866. The number of esters is 3. The van der Waals surface area contributed by atoms with Gasteiger partial charge < -0.3 is 14.2 Å². The third kappa shape index (κ3) is 54.6. The number of ether oxygens (including phenoxy) is 3. The van der Waals surface area contributed by atoms with Crippen molar-refractivity contribution in [2.75, 3.05) is 13.2 Å². The monoisotopic (exact) mass is 955 g/mol. The Balaban J connectivity index is 4.32. The Hall–Kier alpha value is -2.37. The van der Waals surface area contributed by atoms with E-state index in [0.717, 1.165) is 70.6 Å². The topological polar surface area (TPSA) is 78.9 Å². The van der Waals surface area contributed by atoms with E-state index in [2.05, 4.69) is 57.2 Å². The fourth-order valence-electron chi connectivity index (χ4n) is 8.82. The Labute approximate surface area is 423 Å². The molecule has 0 aliphatic heterocycles. The van der Waals surface area contributed by atoms with Gasteiger partial charge in [-0.3, -0.25) is 14.4 Å². The van der Waals surface area contributed by atoms with Gasteiger partial charge in [-0.1, -0.05) is 263 Å². The molecule has 398 valence electrons. The van der Waals surface area contributed by atoms with E-state index in [4.69, 9.17) is 14.2 Å². The van der Waals surface area contributed by atoms with Crippen molar-refractivity contribution in [2.24, 2.45) is 0 Å². The number of hydrogen-bond acceptors (Lipinski definition) is 6. The molecular formula is C62H114O6. The highest BCUT2D eigenvalue weighted by molar-refractivity contribution is 5.71. The predicted molar refractivity (Wildman–Crippen MR) is 293 cm³/mol. The first-order chi connectivity index (χ1) is 33.5. The van der Waals surface area contributed by atoms with Gasteiger partial charge in [0.25, 0.3) is 0 Å². The lowest BCUT2D eigenvalue weighted by Gasteiger charge is -2.18. The molecule has 0 spiro atoms. The maximum atomic E-state index is 12.9. The maximum absolute atomic E-state index is 12.9. The summed E-state index contributed by atoms with van der Waals surface area (Å²) in [6.07, 6.45) is 68.5. The number of carbonyl (C=O) groups excluding carboxylic acids is 3. The molecule has 0 amide bonds. The van der Waals surface area contributed by atoms with Crippen molar-refractivity contribution in [1.82, 2.24) is 0 Å². The largest absolute Gasteiger partial charge is 0.462 e. The van der Waals surface area contributed by atoms with Crippen LogP contribution in [0.2, 0.25) is 0 Å². The van der Waals surface area contributed by atoms with Gasteiger partial charge in [0.15, 0.2) is 6.10 Å². The van der Waals surface area contributed by atoms with Gasteiger partial charge in [0.2, 0.25) is 0 Å². The zero-order valence-electron chi connectivity index (χ0n) is 45.6. The third-order valence-electron chi connectivity index (χ3n) is 13.4. The summed E-state index contributed by atoms with van der Waals surface area (Å²) >= 11 is 0. The summed E-state index contributed by atoms with van der Waals surface area (Å²) in [4.78, 5) is 38.2. The minimum atomic E-state index is -0.774. The quantitative estimate of drug-likeness (QED) is 0.0262. The lowest BCUT2D eigenvalue weighted by atomic mass is 10.0. The highest BCUT2D eigenvalue weighted by Crippen LogP contribution is 2.17. The smallest absolute Gasteiger partial charge is 0.306 e. The Morgan fingerprint density at radius 2 is 0.529 bits per heavy atom. The van der Waals surface area contributed by atoms with E-state index in [-0.39, 0.29) is 31.1 Å². The van der Waals surface area contributed by atoms with Gasteiger partial charge >= 0.3 is 17.9 Å². The first-order valence-corrected chi connectivity index (χ1v) is 30.0. The molecule has 6 nitrogen and oxygen atoms in total. The van der Waals surface area contributed by atoms with E-state index in [0.29, 0.717) is 19.3 Å². The molecule has 0 unspecified atom stereocenters. The Kier molecular flexibility index (Phi) is 55.2. The molecule has 0 aromatic rings. The van der Waals surface area contributed by atoms with E-state index in [1.54, 1.807) is 0 Å². The summed E-state index contributed by atoms with van der Waals surface area (Å²) in [5, 5.41) is 0. The molecule has 0 aliphatic carbocycles. The van der Waals surface area contributed by atoms with Crippen LogP contribution in [0.3, 0.4) is 0 Å². The highest BCUT2D eigenvalue weighted by Gasteiger charge is 2.19. The molecule has 6 heteroatoms. The summed E-state index contributed by atoms with van der Waals surface area (Å²) in [5.41, 5.74) is 0. The lowest BCUT2D eigenvalue weighted by Crippen LogP contribution is -2.30. The first-order valence-electron chi connectivity index (χ1n) is 30.0. The summed E-state index contributed by atoms with van der Waals surface area (Å²) in [6, 6.07) is 0. The molecular weight excluding hydrogens is 841 g/mol. The van der Waals surface area contributed by atoms with E-state index < -0.39 is 6.10 Å². The van der Waals surface area contributed by atoms with Crippen LogP contribution in [0.4, 0.5) is 0 Å². The summed E-state index contributed by atoms with van der Waals surface area (Å²) < 4.78 is 16.9. The molecule has 0 saturated carbocycles. The fourth-order valence-corrected chi connectivity index (χ4v) is 8.82. The van der Waals surface area contributed by atoms with Crippen LogP contribution in [0.5, 0.6) is 0 Å². The average molecular weight is 956 g/mol. The van der Waals surface area contributed by atoms with Gasteiger partial charge in [-0.05, 0) is 77.0 Å². The van der Waals surface area contributed by atoms with Crippen LogP contribution in [-0.4, -0.2) is 37.2 Å². The highest BCUT2D eigenvalue weighted by atomic mass is 16.6. The third-order valence-corrected chi connectivity index (χ3v) is 13.4. The van der Waals surface area contributed by atoms with E-state index in [1.165, 1.54) is 212 Å². The molecule has 0 aromatic carbocycles. The molecule has 0 aliphatic rings. The second kappa shape index (κ2) is 57.2. The number of hydrogen-bond donors (Lipinski definition) is 0. The molecule has 0 heterocycles. The Morgan fingerprint density at radius 1 is 0.294 bits per heavy atom. The molecule has 0 N–H and O–H groups in total. The number of carbonyl (C=O) groups is 3. The zero-order valence-corrected chi connectivity index (χ0v) is 45.6. The molecule has 0 bridgehead atoms. The molecule has 68 heavy (non-hydrogen) atoms. The van der Waals surface area contributed by atoms with Crippen LogP contribution in [-0.2, 0) is 28.6 Å². The molecule has 0 fully saturated rings. The SMILES string of the molecule is CCCCC/C=C\C/C=C\CCCCCCCCCCCC(=O)OC[C@@H](COC(=O)CCCCCCC/C=C\CCCCCC)OC(=O)CCCCCCCCCCCCCCCCCCCC. The van der Waals surface area contributed by atoms with Crippen molar-refractivity contribution < 1.29 is 28.6 Å². The van der Waals surface area contributed by atoms with Crippen LogP contribution in [0.15, 0.2) is 36.5 Å². The first kappa shape index (κ1) is 65.6. The number of unbranched alkanes of at least 4 members (excludes halogenated alkanes) is 38. The average Bonchev–Trinajstić information content (AvgIpc) is 3.34. The van der Waals surface area contributed by atoms with Crippen LogP contribution in [0.1, 0.15) is 323 Å². The van der Waals surface area contributed by atoms with Crippen molar-refractivity contribution in [2.45, 2.75) is 329 Å². The predicted octanol–water partition coefficient (Wildman–Crippen LogP) is 20.0. The van der Waals surface area contributed by atoms with Crippen molar-refractivity contribution in [1.29, 1.82) is 0 Å². The van der Waals surface area contributed by atoms with Gasteiger partial charge in [-0.2, -0.15) is 0 Å². The summed E-state index contributed by atoms with van der Waals surface area (Å²) in [7, 11) is 0. The van der Waals surface area contributed by atoms with Crippen LogP contribution in [0, 0.1) is 0 Å². The van der Waals surface area contributed by atoms with Gasteiger partial charge in [0.1, 0.15) is 13.2 Å². The van der Waals surface area contributed by atoms with E-state index in [1.807, 2.05) is 0 Å². The van der Waals surface area contributed by atoms with E-state index in [9.17, 15) is 14.4 Å². The number of allylic oxidation sites excluding steroid dienone is 6. The normalized spacial score (nSPS) is 12.2. The van der Waals surface area contributed by atoms with Crippen LogP contribution in [0.25, 0.3) is 0 Å². The molecule has 0 radical (unpaired) electrons. The standard InChI is InChI=1S/C62H114O6/c1-4-7-10-13-16-19-22-25-27-29-31-33-34-37-40-43-46-49-52-55-61(64)67-58-59(57-66-60(63)54-51-48-45-42-39-36-24-21-18-15-12-9-6-3)68-62(65)56-53-50-47-44-41-38-35-32-30-28-26-23-20-17-14-11-8-5-2/h16,19,21,24-25,27,59H,4-15,17-18,20,22-23,26,28-58H2,1-3H3/b19-16-,24-21-,27-25-/t59-/m1/s1. The van der Waals surface area contributed by atoms with Crippen LogP contribution >= 0.6 is 0 Å². The van der Waals surface area contributed by atoms with Crippen molar-refractivity contribution in [3.05, 3.63) is 36.5 Å². The Morgan fingerprint density at radius 3 is 0.868 bits per heavy atom. The van der Waals surface area contributed by atoms with Crippen molar-refractivity contribution in [3.8, 4) is 0 Å². The van der Waals surface area contributed by atoms with Gasteiger partial charge in [-0.15, -0.1) is 0 Å². The Bertz CT molecular complexity index is 1140. The zero-order chi connectivity index (χ0) is 49.3. The minimum Gasteiger partial charge on any atom is -0.462 e. The second-order valence-electron chi connectivity index (χ2n) is 20.3. The summed E-state index contributed by atoms with van der Waals surface area (Å²) in [6.45, 7) is 6.64. The lowest BCUT2D eigenvalue weighted by molar-refractivity contribution is -0.167. The van der Waals surface area contributed by atoms with Crippen molar-refractivity contribution >= 4 is 17.9 Å². The van der Waals surface area contributed by atoms with Gasteiger partial charge in [0.05, 0.1) is 0 Å². The van der Waals surface area contributed by atoms with Crippen molar-refractivity contribution in [3.63, 3.8) is 0 Å². The molecule has 0 aromatic heterocycles. The number of rotatable bonds is 55. The second-order valence-corrected chi connectivity index (χ2v) is 20.3. The fraction of sp³-hybridized carbons (Fsp3) is 0.855. The maximum Gasteiger partial charge on any atom is 0.306 e. The van der Waals surface area contributed by atoms with Gasteiger partial charge in [0, 0.05) is 19.3 Å². The molecule has 1 atom stereocenters. The van der Waals surface area contributed by atoms with Gasteiger partial charge in [-0.25, -0.2) is 0 Å².